The summed E-state index contributed by atoms with van der Waals surface area (Å²) in [5.74, 6) is 0.282. The van der Waals surface area contributed by atoms with E-state index in [4.69, 9.17) is 10.00 Å². The van der Waals surface area contributed by atoms with Gasteiger partial charge in [-0.2, -0.15) is 5.26 Å². The lowest BCUT2D eigenvalue weighted by atomic mass is 10.2. The van der Waals surface area contributed by atoms with Gasteiger partial charge in [0.2, 0.25) is 5.56 Å². The number of hydrogen-bond donors (Lipinski definition) is 1. The summed E-state index contributed by atoms with van der Waals surface area (Å²) in [5.41, 5.74) is 0.467. The van der Waals surface area contributed by atoms with E-state index >= 15 is 0 Å². The zero-order valence-corrected chi connectivity index (χ0v) is 14.1. The van der Waals surface area contributed by atoms with Crippen molar-refractivity contribution in [1.29, 1.82) is 5.26 Å². The Kier molecular flexibility index (Phi) is 6.78. The number of hydrogen-bond acceptors (Lipinski definition) is 4. The Balaban J connectivity index is 1.70. The van der Waals surface area contributed by atoms with Crippen LogP contribution in [-0.4, -0.2) is 23.1 Å². The van der Waals surface area contributed by atoms with Gasteiger partial charge in [-0.3, -0.25) is 9.59 Å². The fraction of sp³-hybridized carbons (Fsp3) is 0.316. The third-order valence-electron chi connectivity index (χ3n) is 3.67. The second-order valence-corrected chi connectivity index (χ2v) is 5.63. The van der Waals surface area contributed by atoms with Crippen molar-refractivity contribution in [2.45, 2.75) is 32.4 Å². The molecule has 1 atom stereocenters. The number of pyridine rings is 1. The van der Waals surface area contributed by atoms with Crippen LogP contribution in [0.4, 0.5) is 0 Å². The maximum Gasteiger partial charge on any atom is 0.260 e. The summed E-state index contributed by atoms with van der Waals surface area (Å²) in [6.45, 7) is 2.81. The maximum atomic E-state index is 12.0. The molecule has 1 unspecified atom stereocenters. The van der Waals surface area contributed by atoms with Gasteiger partial charge in [0, 0.05) is 25.4 Å². The zero-order chi connectivity index (χ0) is 18.1. The van der Waals surface area contributed by atoms with Gasteiger partial charge in [0.05, 0.1) is 11.6 Å². The molecule has 1 amide bonds. The van der Waals surface area contributed by atoms with Crippen LogP contribution in [0.25, 0.3) is 0 Å². The fourth-order valence-corrected chi connectivity index (χ4v) is 2.30. The van der Waals surface area contributed by atoms with E-state index in [1.807, 2.05) is 12.1 Å². The molecule has 130 valence electrons. The van der Waals surface area contributed by atoms with Gasteiger partial charge in [0.15, 0.2) is 6.10 Å². The molecular weight excluding hydrogens is 318 g/mol. The summed E-state index contributed by atoms with van der Waals surface area (Å²) >= 11 is 0. The number of aryl methyl sites for hydroxylation is 1. The average Bonchev–Trinajstić information content (AvgIpc) is 2.62. The molecule has 0 fully saturated rings. The molecule has 25 heavy (non-hydrogen) atoms. The van der Waals surface area contributed by atoms with Crippen LogP contribution in [0, 0.1) is 11.3 Å². The van der Waals surface area contributed by atoms with E-state index in [1.165, 1.54) is 6.07 Å². The standard InChI is InChI=1S/C19H21N3O3/c1-15(25-17-8-6-7-16(13-17)14-20)19(24)21-10-3-5-12-22-11-4-2-9-18(22)23/h2,4,6-9,11,13,15H,3,5,10,12H2,1H3,(H,21,24). The van der Waals surface area contributed by atoms with Crippen molar-refractivity contribution in [3.05, 3.63) is 64.6 Å². The molecule has 1 heterocycles. The van der Waals surface area contributed by atoms with E-state index in [0.29, 0.717) is 24.4 Å². The molecule has 2 rings (SSSR count). The van der Waals surface area contributed by atoms with Crippen LogP contribution in [0.1, 0.15) is 25.3 Å². The molecule has 0 radical (unpaired) electrons. The van der Waals surface area contributed by atoms with Gasteiger partial charge in [-0.05, 0) is 44.0 Å². The number of benzene rings is 1. The highest BCUT2D eigenvalue weighted by Gasteiger charge is 2.14. The smallest absolute Gasteiger partial charge is 0.260 e. The van der Waals surface area contributed by atoms with Crippen LogP contribution in [0.3, 0.4) is 0 Å². The Bertz CT molecular complexity index is 808. The first kappa shape index (κ1) is 18.3. The van der Waals surface area contributed by atoms with E-state index in [1.54, 1.807) is 48.0 Å². The van der Waals surface area contributed by atoms with Crippen molar-refractivity contribution in [2.24, 2.45) is 0 Å². The highest BCUT2D eigenvalue weighted by Crippen LogP contribution is 2.14. The van der Waals surface area contributed by atoms with E-state index in [9.17, 15) is 9.59 Å². The molecular formula is C19H21N3O3. The van der Waals surface area contributed by atoms with E-state index in [2.05, 4.69) is 5.32 Å². The van der Waals surface area contributed by atoms with E-state index in [-0.39, 0.29) is 11.5 Å². The minimum absolute atomic E-state index is 0.0202. The fourth-order valence-electron chi connectivity index (χ4n) is 2.30. The molecule has 0 aliphatic rings. The number of rotatable bonds is 8. The zero-order valence-electron chi connectivity index (χ0n) is 14.1. The second-order valence-electron chi connectivity index (χ2n) is 5.63. The number of carbonyl (C=O) groups is 1. The Morgan fingerprint density at radius 2 is 2.12 bits per heavy atom. The predicted octanol–water partition coefficient (Wildman–Crippen LogP) is 2.08. The molecule has 1 N–H and O–H groups in total. The Morgan fingerprint density at radius 1 is 1.28 bits per heavy atom. The van der Waals surface area contributed by atoms with Gasteiger partial charge in [-0.15, -0.1) is 0 Å². The maximum absolute atomic E-state index is 12.0. The number of unbranched alkanes of at least 4 members (excludes halogenated alkanes) is 1. The first-order chi connectivity index (χ1) is 12.1. The molecule has 1 aromatic carbocycles. The normalized spacial score (nSPS) is 11.4. The topological polar surface area (TPSA) is 84.1 Å². The summed E-state index contributed by atoms with van der Waals surface area (Å²) in [7, 11) is 0. The molecule has 0 spiro atoms. The second kappa shape index (κ2) is 9.28. The summed E-state index contributed by atoms with van der Waals surface area (Å²) in [4.78, 5) is 23.6. The average molecular weight is 339 g/mol. The van der Waals surface area contributed by atoms with Crippen LogP contribution in [-0.2, 0) is 11.3 Å². The van der Waals surface area contributed by atoms with Crippen molar-refractivity contribution in [3.63, 3.8) is 0 Å². The van der Waals surface area contributed by atoms with E-state index < -0.39 is 6.10 Å². The lowest BCUT2D eigenvalue weighted by Gasteiger charge is -2.15. The third kappa shape index (κ3) is 5.81. The Hall–Kier alpha value is -3.07. The molecule has 0 bridgehead atoms. The molecule has 0 saturated heterocycles. The Morgan fingerprint density at radius 3 is 2.88 bits per heavy atom. The molecule has 0 saturated carbocycles. The van der Waals surface area contributed by atoms with Crippen molar-refractivity contribution in [2.75, 3.05) is 6.54 Å². The Labute approximate surface area is 146 Å². The molecule has 0 aliphatic heterocycles. The summed E-state index contributed by atoms with van der Waals surface area (Å²) < 4.78 is 7.20. The van der Waals surface area contributed by atoms with Crippen molar-refractivity contribution >= 4 is 5.91 Å². The SMILES string of the molecule is CC(Oc1cccc(C#N)c1)C(=O)NCCCCn1ccccc1=O. The number of amides is 1. The number of nitrogens with zero attached hydrogens (tertiary/aromatic N) is 2. The molecule has 2 aromatic rings. The van der Waals surface area contributed by atoms with Gasteiger partial charge in [-0.25, -0.2) is 0 Å². The number of aromatic nitrogens is 1. The number of ether oxygens (including phenoxy) is 1. The largest absolute Gasteiger partial charge is 0.481 e. The third-order valence-corrected chi connectivity index (χ3v) is 3.67. The molecule has 6 nitrogen and oxygen atoms in total. The van der Waals surface area contributed by atoms with Gasteiger partial charge in [-0.1, -0.05) is 12.1 Å². The molecule has 0 aliphatic carbocycles. The van der Waals surface area contributed by atoms with Gasteiger partial charge < -0.3 is 14.6 Å². The van der Waals surface area contributed by atoms with Crippen LogP contribution in [0.2, 0.25) is 0 Å². The number of nitrogens with one attached hydrogen (secondary N) is 1. The van der Waals surface area contributed by atoms with Crippen molar-refractivity contribution in [1.82, 2.24) is 9.88 Å². The highest BCUT2D eigenvalue weighted by atomic mass is 16.5. The van der Waals surface area contributed by atoms with E-state index in [0.717, 1.165) is 12.8 Å². The summed E-state index contributed by atoms with van der Waals surface area (Å²) in [6.07, 6.45) is 2.67. The lowest BCUT2D eigenvalue weighted by molar-refractivity contribution is -0.127. The van der Waals surface area contributed by atoms with Crippen LogP contribution >= 0.6 is 0 Å². The van der Waals surface area contributed by atoms with Gasteiger partial charge in [0.25, 0.3) is 5.91 Å². The monoisotopic (exact) mass is 339 g/mol. The molecule has 6 heteroatoms. The highest BCUT2D eigenvalue weighted by molar-refractivity contribution is 5.80. The summed E-state index contributed by atoms with van der Waals surface area (Å²) in [5, 5.41) is 11.7. The van der Waals surface area contributed by atoms with Gasteiger partial charge in [0.1, 0.15) is 5.75 Å². The minimum atomic E-state index is -0.648. The first-order valence-electron chi connectivity index (χ1n) is 8.20. The van der Waals surface area contributed by atoms with Crippen LogP contribution in [0.5, 0.6) is 5.75 Å². The first-order valence-corrected chi connectivity index (χ1v) is 8.20. The van der Waals surface area contributed by atoms with Crippen LogP contribution < -0.4 is 15.6 Å². The molecule has 1 aromatic heterocycles. The quantitative estimate of drug-likeness (QED) is 0.746. The van der Waals surface area contributed by atoms with Crippen molar-refractivity contribution < 1.29 is 9.53 Å². The number of carbonyl (C=O) groups excluding carboxylic acids is 1. The van der Waals surface area contributed by atoms with Crippen LogP contribution in [0.15, 0.2) is 53.5 Å². The summed E-state index contributed by atoms with van der Waals surface area (Å²) in [6, 6.07) is 13.8. The van der Waals surface area contributed by atoms with Crippen molar-refractivity contribution in [3.8, 4) is 11.8 Å². The minimum Gasteiger partial charge on any atom is -0.481 e. The van der Waals surface area contributed by atoms with Gasteiger partial charge >= 0.3 is 0 Å². The predicted molar refractivity (Wildman–Crippen MR) is 94.2 cm³/mol. The number of nitriles is 1. The lowest BCUT2D eigenvalue weighted by Crippen LogP contribution is -2.36.